The van der Waals surface area contributed by atoms with Gasteiger partial charge >= 0.3 is 5.97 Å². The standard InChI is InChI=1S/C19H15ClN2O6/c1-11(12-5-2-3-7-14(12)20)28-16(23)9-10-21-18(24)13-6-4-8-15(22(26)27)17(13)19(21)25/h2-8,11H,9-10H2,1H3/t11-/m1/s1. The lowest BCUT2D eigenvalue weighted by atomic mass is 10.1. The molecule has 1 atom stereocenters. The summed E-state index contributed by atoms with van der Waals surface area (Å²) in [5, 5.41) is 11.6. The highest BCUT2D eigenvalue weighted by molar-refractivity contribution is 6.31. The van der Waals surface area contributed by atoms with Crippen molar-refractivity contribution in [3.8, 4) is 0 Å². The first-order chi connectivity index (χ1) is 13.3. The highest BCUT2D eigenvalue weighted by atomic mass is 35.5. The van der Waals surface area contributed by atoms with Crippen molar-refractivity contribution in [1.29, 1.82) is 0 Å². The van der Waals surface area contributed by atoms with Crippen LogP contribution in [0.4, 0.5) is 5.69 Å². The third-order valence-electron chi connectivity index (χ3n) is 4.36. The van der Waals surface area contributed by atoms with Crippen LogP contribution in [0.2, 0.25) is 5.02 Å². The Morgan fingerprint density at radius 1 is 1.18 bits per heavy atom. The van der Waals surface area contributed by atoms with Gasteiger partial charge in [-0.2, -0.15) is 0 Å². The number of hydrogen-bond donors (Lipinski definition) is 0. The molecule has 0 aromatic heterocycles. The summed E-state index contributed by atoms with van der Waals surface area (Å²) >= 11 is 6.07. The third-order valence-corrected chi connectivity index (χ3v) is 4.71. The van der Waals surface area contributed by atoms with Crippen LogP contribution >= 0.6 is 11.6 Å². The predicted octanol–water partition coefficient (Wildman–Crippen LogP) is 3.54. The molecule has 1 heterocycles. The molecule has 1 aliphatic heterocycles. The zero-order valence-electron chi connectivity index (χ0n) is 14.8. The molecule has 2 aromatic rings. The normalized spacial score (nSPS) is 14.0. The highest BCUT2D eigenvalue weighted by Crippen LogP contribution is 2.31. The number of carbonyl (C=O) groups excluding carboxylic acids is 3. The molecule has 3 rings (SSSR count). The van der Waals surface area contributed by atoms with Gasteiger partial charge in [-0.25, -0.2) is 0 Å². The number of nitro groups is 1. The number of esters is 1. The number of fused-ring (bicyclic) bond motifs is 1. The molecule has 9 heteroatoms. The Labute approximate surface area is 164 Å². The largest absolute Gasteiger partial charge is 0.458 e. The summed E-state index contributed by atoms with van der Waals surface area (Å²) in [6, 6.07) is 10.8. The number of nitro benzene ring substituents is 1. The van der Waals surface area contributed by atoms with Crippen molar-refractivity contribution < 1.29 is 24.0 Å². The predicted molar refractivity (Wildman–Crippen MR) is 99.0 cm³/mol. The lowest BCUT2D eigenvalue weighted by molar-refractivity contribution is -0.385. The van der Waals surface area contributed by atoms with E-state index in [9.17, 15) is 24.5 Å². The van der Waals surface area contributed by atoms with Crippen LogP contribution in [-0.4, -0.2) is 34.2 Å². The Bertz CT molecular complexity index is 990. The summed E-state index contributed by atoms with van der Waals surface area (Å²) < 4.78 is 5.31. The minimum atomic E-state index is -0.792. The lowest BCUT2D eigenvalue weighted by Crippen LogP contribution is -2.32. The molecule has 0 unspecified atom stereocenters. The Morgan fingerprint density at radius 2 is 1.89 bits per heavy atom. The van der Waals surface area contributed by atoms with E-state index >= 15 is 0 Å². The van der Waals surface area contributed by atoms with Gasteiger partial charge in [0.05, 0.1) is 16.9 Å². The van der Waals surface area contributed by atoms with E-state index in [0.717, 1.165) is 11.0 Å². The molecule has 2 aromatic carbocycles. The summed E-state index contributed by atoms with van der Waals surface area (Å²) in [4.78, 5) is 48.2. The second-order valence-corrected chi connectivity index (χ2v) is 6.53. The molecular formula is C19H15ClN2O6. The summed E-state index contributed by atoms with van der Waals surface area (Å²) in [7, 11) is 0. The first-order valence-electron chi connectivity index (χ1n) is 8.38. The molecule has 0 bridgehead atoms. The molecule has 0 spiro atoms. The quantitative estimate of drug-likeness (QED) is 0.316. The minimum Gasteiger partial charge on any atom is -0.458 e. The van der Waals surface area contributed by atoms with Crippen molar-refractivity contribution in [3.05, 3.63) is 74.3 Å². The third kappa shape index (κ3) is 3.59. The van der Waals surface area contributed by atoms with Gasteiger partial charge in [-0.1, -0.05) is 35.9 Å². The SMILES string of the molecule is C[C@@H](OC(=O)CCN1C(=O)c2cccc([N+](=O)[O-])c2C1=O)c1ccccc1Cl. The van der Waals surface area contributed by atoms with E-state index in [2.05, 4.69) is 0 Å². The van der Waals surface area contributed by atoms with Gasteiger partial charge in [0, 0.05) is 23.2 Å². The van der Waals surface area contributed by atoms with Gasteiger partial charge in [-0.05, 0) is 19.1 Å². The van der Waals surface area contributed by atoms with Crippen molar-refractivity contribution in [1.82, 2.24) is 4.90 Å². The van der Waals surface area contributed by atoms with Gasteiger partial charge in [0.2, 0.25) is 0 Å². The Morgan fingerprint density at radius 3 is 2.57 bits per heavy atom. The van der Waals surface area contributed by atoms with Crippen molar-refractivity contribution in [3.63, 3.8) is 0 Å². The highest BCUT2D eigenvalue weighted by Gasteiger charge is 2.40. The fourth-order valence-electron chi connectivity index (χ4n) is 3.00. The van der Waals surface area contributed by atoms with Gasteiger partial charge in [0.25, 0.3) is 17.5 Å². The Balaban J connectivity index is 1.67. The Kier molecular flexibility index (Phi) is 5.41. The summed E-state index contributed by atoms with van der Waals surface area (Å²) in [5.74, 6) is -2.09. The van der Waals surface area contributed by atoms with Crippen LogP contribution < -0.4 is 0 Å². The van der Waals surface area contributed by atoms with E-state index < -0.39 is 34.5 Å². The second-order valence-electron chi connectivity index (χ2n) is 6.12. The number of hydrogen-bond acceptors (Lipinski definition) is 6. The van der Waals surface area contributed by atoms with Crippen LogP contribution in [0.1, 0.15) is 45.7 Å². The number of amides is 2. The molecule has 8 nitrogen and oxygen atoms in total. The topological polar surface area (TPSA) is 107 Å². The monoisotopic (exact) mass is 402 g/mol. The summed E-state index contributed by atoms with van der Waals surface area (Å²) in [5.41, 5.74) is -0.102. The fraction of sp³-hybridized carbons (Fsp3) is 0.211. The summed E-state index contributed by atoms with van der Waals surface area (Å²) in [6.07, 6.45) is -0.849. The van der Waals surface area contributed by atoms with E-state index in [1.165, 1.54) is 12.1 Å². The lowest BCUT2D eigenvalue weighted by Gasteiger charge is -2.17. The molecule has 0 fully saturated rings. The molecule has 0 radical (unpaired) electrons. The smallest absolute Gasteiger partial charge is 0.308 e. The van der Waals surface area contributed by atoms with Crippen LogP contribution in [0, 0.1) is 10.1 Å². The van der Waals surface area contributed by atoms with Gasteiger partial charge in [-0.3, -0.25) is 29.4 Å². The minimum absolute atomic E-state index is 0.0444. The molecule has 1 aliphatic rings. The van der Waals surface area contributed by atoms with E-state index in [-0.39, 0.29) is 24.1 Å². The molecule has 144 valence electrons. The van der Waals surface area contributed by atoms with E-state index in [1.807, 2.05) is 0 Å². The van der Waals surface area contributed by atoms with Crippen LogP contribution in [-0.2, 0) is 9.53 Å². The van der Waals surface area contributed by atoms with Crippen molar-refractivity contribution >= 4 is 35.1 Å². The molecule has 2 amide bonds. The van der Waals surface area contributed by atoms with Crippen LogP contribution in [0.5, 0.6) is 0 Å². The molecule has 0 N–H and O–H groups in total. The van der Waals surface area contributed by atoms with Gasteiger partial charge in [0.1, 0.15) is 11.7 Å². The maximum atomic E-state index is 12.5. The number of ether oxygens (including phenoxy) is 1. The maximum absolute atomic E-state index is 12.5. The molecular weight excluding hydrogens is 388 g/mol. The van der Waals surface area contributed by atoms with Crippen molar-refractivity contribution in [2.24, 2.45) is 0 Å². The number of rotatable bonds is 6. The van der Waals surface area contributed by atoms with Gasteiger partial charge < -0.3 is 4.74 Å². The van der Waals surface area contributed by atoms with Crippen LogP contribution in [0.25, 0.3) is 0 Å². The van der Waals surface area contributed by atoms with E-state index in [4.69, 9.17) is 16.3 Å². The zero-order valence-corrected chi connectivity index (χ0v) is 15.5. The Hall–Kier alpha value is -3.26. The van der Waals surface area contributed by atoms with Crippen molar-refractivity contribution in [2.75, 3.05) is 6.54 Å². The van der Waals surface area contributed by atoms with Gasteiger partial charge in [-0.15, -0.1) is 0 Å². The zero-order chi connectivity index (χ0) is 20.4. The van der Waals surface area contributed by atoms with Crippen molar-refractivity contribution in [2.45, 2.75) is 19.4 Å². The van der Waals surface area contributed by atoms with E-state index in [1.54, 1.807) is 31.2 Å². The average molecular weight is 403 g/mol. The number of benzene rings is 2. The number of nitrogens with zero attached hydrogens (tertiary/aromatic N) is 2. The second kappa shape index (κ2) is 7.77. The van der Waals surface area contributed by atoms with Gasteiger partial charge in [0.15, 0.2) is 0 Å². The van der Waals surface area contributed by atoms with E-state index in [0.29, 0.717) is 10.6 Å². The fourth-order valence-corrected chi connectivity index (χ4v) is 3.29. The number of carbonyl (C=O) groups is 3. The van der Waals surface area contributed by atoms with Crippen LogP contribution in [0.15, 0.2) is 42.5 Å². The number of imide groups is 1. The van der Waals surface area contributed by atoms with Crippen LogP contribution in [0.3, 0.4) is 0 Å². The first-order valence-corrected chi connectivity index (χ1v) is 8.76. The molecule has 0 saturated heterocycles. The number of halogens is 1. The molecule has 0 saturated carbocycles. The average Bonchev–Trinajstić information content (AvgIpc) is 2.90. The maximum Gasteiger partial charge on any atom is 0.308 e. The summed E-state index contributed by atoms with van der Waals surface area (Å²) in [6.45, 7) is 1.42. The first kappa shape index (κ1) is 19.5. The molecule has 0 aliphatic carbocycles. The molecule has 28 heavy (non-hydrogen) atoms.